The van der Waals surface area contributed by atoms with E-state index in [2.05, 4.69) is 9.44 Å². The zero-order valence-corrected chi connectivity index (χ0v) is 11.7. The van der Waals surface area contributed by atoms with E-state index in [1.165, 1.54) is 0 Å². The standard InChI is InChI=1S/C13H18N2O3S/c1-2-9-14-19(17,18)15-12-7-5-11(6-8-12)13(16)10-3-4-10/h5-8,10,14-15H,2-4,9H2,1H3. The molecule has 104 valence electrons. The Labute approximate surface area is 113 Å². The fraction of sp³-hybridized carbons (Fsp3) is 0.462. The van der Waals surface area contributed by atoms with E-state index in [-0.39, 0.29) is 11.7 Å². The number of hydrogen-bond acceptors (Lipinski definition) is 3. The molecule has 19 heavy (non-hydrogen) atoms. The molecular weight excluding hydrogens is 264 g/mol. The van der Waals surface area contributed by atoms with Gasteiger partial charge >= 0.3 is 0 Å². The molecule has 0 aliphatic heterocycles. The van der Waals surface area contributed by atoms with E-state index in [9.17, 15) is 13.2 Å². The van der Waals surface area contributed by atoms with Gasteiger partial charge in [0.15, 0.2) is 5.78 Å². The fourth-order valence-electron chi connectivity index (χ4n) is 1.71. The van der Waals surface area contributed by atoms with Crippen LogP contribution in [0, 0.1) is 5.92 Å². The van der Waals surface area contributed by atoms with E-state index in [0.717, 1.165) is 19.3 Å². The Kier molecular flexibility index (Phi) is 4.21. The molecule has 0 saturated heterocycles. The Morgan fingerprint density at radius 3 is 2.42 bits per heavy atom. The van der Waals surface area contributed by atoms with Gasteiger partial charge in [0, 0.05) is 23.7 Å². The van der Waals surface area contributed by atoms with Gasteiger partial charge in [0.2, 0.25) is 0 Å². The minimum Gasteiger partial charge on any atom is -0.294 e. The van der Waals surface area contributed by atoms with Crippen molar-refractivity contribution in [1.29, 1.82) is 0 Å². The second-order valence-corrected chi connectivity index (χ2v) is 6.22. The van der Waals surface area contributed by atoms with Crippen molar-refractivity contribution in [3.63, 3.8) is 0 Å². The molecule has 0 aromatic heterocycles. The molecule has 1 aromatic rings. The molecule has 2 N–H and O–H groups in total. The number of hydrogen-bond donors (Lipinski definition) is 2. The van der Waals surface area contributed by atoms with E-state index in [4.69, 9.17) is 0 Å². The zero-order valence-electron chi connectivity index (χ0n) is 10.8. The van der Waals surface area contributed by atoms with Gasteiger partial charge in [-0.25, -0.2) is 0 Å². The molecule has 1 aliphatic carbocycles. The van der Waals surface area contributed by atoms with E-state index in [0.29, 0.717) is 17.8 Å². The summed E-state index contributed by atoms with van der Waals surface area (Å²) in [4.78, 5) is 11.8. The van der Waals surface area contributed by atoms with Crippen molar-refractivity contribution in [3.8, 4) is 0 Å². The Hall–Kier alpha value is -1.40. The highest BCUT2D eigenvalue weighted by atomic mass is 32.2. The third-order valence-electron chi connectivity index (χ3n) is 2.91. The number of carbonyl (C=O) groups excluding carboxylic acids is 1. The number of Topliss-reactive ketones (excluding diaryl/α,β-unsaturated/α-hetero) is 1. The molecule has 0 amide bonds. The third-order valence-corrected chi connectivity index (χ3v) is 4.00. The first-order valence-corrected chi connectivity index (χ1v) is 7.92. The first-order valence-electron chi connectivity index (χ1n) is 6.43. The van der Waals surface area contributed by atoms with Gasteiger partial charge < -0.3 is 0 Å². The van der Waals surface area contributed by atoms with Crippen molar-refractivity contribution in [1.82, 2.24) is 4.72 Å². The van der Waals surface area contributed by atoms with Gasteiger partial charge in [0.05, 0.1) is 0 Å². The van der Waals surface area contributed by atoms with Crippen LogP contribution < -0.4 is 9.44 Å². The Bertz CT molecular complexity index is 548. The van der Waals surface area contributed by atoms with Gasteiger partial charge in [0.1, 0.15) is 0 Å². The lowest BCUT2D eigenvalue weighted by Crippen LogP contribution is -2.30. The van der Waals surface area contributed by atoms with Gasteiger partial charge in [0.25, 0.3) is 10.2 Å². The smallest absolute Gasteiger partial charge is 0.294 e. The van der Waals surface area contributed by atoms with Crippen LogP contribution in [0.4, 0.5) is 5.69 Å². The van der Waals surface area contributed by atoms with Crippen molar-refractivity contribution in [2.24, 2.45) is 5.92 Å². The van der Waals surface area contributed by atoms with Crippen LogP contribution in [-0.2, 0) is 10.2 Å². The molecule has 6 heteroatoms. The Morgan fingerprint density at radius 2 is 1.89 bits per heavy atom. The van der Waals surface area contributed by atoms with Crippen LogP contribution in [-0.4, -0.2) is 20.7 Å². The van der Waals surface area contributed by atoms with Crippen molar-refractivity contribution in [2.45, 2.75) is 26.2 Å². The van der Waals surface area contributed by atoms with Crippen molar-refractivity contribution in [2.75, 3.05) is 11.3 Å². The molecule has 5 nitrogen and oxygen atoms in total. The van der Waals surface area contributed by atoms with Crippen LogP contribution in [0.3, 0.4) is 0 Å². The number of carbonyl (C=O) groups is 1. The molecule has 0 bridgehead atoms. The average Bonchev–Trinajstić information content (AvgIpc) is 3.20. The summed E-state index contributed by atoms with van der Waals surface area (Å²) in [5.74, 6) is 0.326. The predicted octanol–water partition coefficient (Wildman–Crippen LogP) is 1.94. The highest BCUT2D eigenvalue weighted by molar-refractivity contribution is 7.90. The number of rotatable bonds is 7. The summed E-state index contributed by atoms with van der Waals surface area (Å²) < 4.78 is 28.0. The SMILES string of the molecule is CCCNS(=O)(=O)Nc1ccc(C(=O)C2CC2)cc1. The number of anilines is 1. The van der Waals surface area contributed by atoms with Gasteiger partial charge in [-0.3, -0.25) is 9.52 Å². The van der Waals surface area contributed by atoms with Crippen LogP contribution in [0.5, 0.6) is 0 Å². The summed E-state index contributed by atoms with van der Waals surface area (Å²) >= 11 is 0. The van der Waals surface area contributed by atoms with Crippen LogP contribution in [0.25, 0.3) is 0 Å². The molecule has 1 aromatic carbocycles. The maximum Gasteiger partial charge on any atom is 0.299 e. The molecule has 0 heterocycles. The van der Waals surface area contributed by atoms with Crippen LogP contribution in [0.15, 0.2) is 24.3 Å². The molecule has 0 atom stereocenters. The largest absolute Gasteiger partial charge is 0.299 e. The van der Waals surface area contributed by atoms with Gasteiger partial charge in [-0.05, 0) is 43.5 Å². The third kappa shape index (κ3) is 4.04. The molecule has 2 rings (SSSR count). The number of nitrogens with one attached hydrogen (secondary N) is 2. The predicted molar refractivity (Wildman–Crippen MR) is 74.3 cm³/mol. The monoisotopic (exact) mass is 282 g/mol. The zero-order chi connectivity index (χ0) is 13.9. The summed E-state index contributed by atoms with van der Waals surface area (Å²) in [6, 6.07) is 6.55. The molecular formula is C13H18N2O3S. The highest BCUT2D eigenvalue weighted by Gasteiger charge is 2.30. The van der Waals surface area contributed by atoms with Crippen molar-refractivity contribution < 1.29 is 13.2 Å². The summed E-state index contributed by atoms with van der Waals surface area (Å²) in [7, 11) is -3.52. The van der Waals surface area contributed by atoms with Crippen LogP contribution in [0.1, 0.15) is 36.5 Å². The molecule has 1 aliphatic rings. The summed E-state index contributed by atoms with van der Waals surface area (Å²) in [5.41, 5.74) is 1.10. The van der Waals surface area contributed by atoms with Gasteiger partial charge in [-0.1, -0.05) is 6.92 Å². The summed E-state index contributed by atoms with van der Waals surface area (Å²) in [5, 5.41) is 0. The van der Waals surface area contributed by atoms with E-state index in [1.54, 1.807) is 24.3 Å². The molecule has 0 spiro atoms. The lowest BCUT2D eigenvalue weighted by molar-refractivity contribution is 0.0967. The summed E-state index contributed by atoms with van der Waals surface area (Å²) in [6.07, 6.45) is 2.66. The second-order valence-electron chi connectivity index (χ2n) is 4.72. The van der Waals surface area contributed by atoms with Crippen LogP contribution in [0.2, 0.25) is 0 Å². The molecule has 0 radical (unpaired) electrons. The quantitative estimate of drug-likeness (QED) is 0.750. The van der Waals surface area contributed by atoms with Crippen molar-refractivity contribution >= 4 is 21.7 Å². The van der Waals surface area contributed by atoms with E-state index in [1.807, 2.05) is 6.92 Å². The minimum absolute atomic E-state index is 0.151. The Balaban J connectivity index is 2.00. The van der Waals surface area contributed by atoms with Gasteiger partial charge in [-0.2, -0.15) is 13.1 Å². The normalized spacial score (nSPS) is 15.2. The Morgan fingerprint density at radius 1 is 1.26 bits per heavy atom. The van der Waals surface area contributed by atoms with E-state index < -0.39 is 10.2 Å². The van der Waals surface area contributed by atoms with Gasteiger partial charge in [-0.15, -0.1) is 0 Å². The lowest BCUT2D eigenvalue weighted by atomic mass is 10.1. The topological polar surface area (TPSA) is 75.3 Å². The highest BCUT2D eigenvalue weighted by Crippen LogP contribution is 2.32. The number of benzene rings is 1. The molecule has 0 unspecified atom stereocenters. The number of ketones is 1. The fourth-order valence-corrected chi connectivity index (χ4v) is 2.70. The van der Waals surface area contributed by atoms with Crippen LogP contribution >= 0.6 is 0 Å². The van der Waals surface area contributed by atoms with E-state index >= 15 is 0 Å². The molecule has 1 fully saturated rings. The molecule has 1 saturated carbocycles. The maximum absolute atomic E-state index is 11.8. The lowest BCUT2D eigenvalue weighted by Gasteiger charge is -2.09. The first kappa shape index (κ1) is 14.0. The second kappa shape index (κ2) is 5.71. The van der Waals surface area contributed by atoms with Crippen molar-refractivity contribution in [3.05, 3.63) is 29.8 Å². The first-order chi connectivity index (χ1) is 9.02. The summed E-state index contributed by atoms with van der Waals surface area (Å²) in [6.45, 7) is 2.29. The maximum atomic E-state index is 11.8. The minimum atomic E-state index is -3.52. The average molecular weight is 282 g/mol.